The zero-order chi connectivity index (χ0) is 24.8. The zero-order valence-electron chi connectivity index (χ0n) is 17.5. The molecule has 1 aromatic carbocycles. The van der Waals surface area contributed by atoms with Crippen LogP contribution < -0.4 is 10.5 Å². The first kappa shape index (κ1) is 24.2. The van der Waals surface area contributed by atoms with E-state index >= 15 is 0 Å². The van der Waals surface area contributed by atoms with E-state index in [1.54, 1.807) is 6.92 Å². The standard InChI is InChI=1S/C22H17Cl2F4N3O3/c1-10(16-14(23)2-3-15(25)17(16)24)34-19-18-12(8-30-20(19)29)13(9-33-18)11-4-6-31(7-5-11)21(32)22(26,27)28/h2-4,8-10H,5-7H2,1H3,(H2,29,30)/t10-/m1/s1. The molecule has 0 saturated heterocycles. The minimum Gasteiger partial charge on any atom is -0.478 e. The molecule has 2 aromatic heterocycles. The number of fused-ring (bicyclic) bond motifs is 1. The number of nitrogens with zero attached hydrogens (tertiary/aromatic N) is 2. The summed E-state index contributed by atoms with van der Waals surface area (Å²) < 4.78 is 63.6. The summed E-state index contributed by atoms with van der Waals surface area (Å²) >= 11 is 12.3. The fraction of sp³-hybridized carbons (Fsp3) is 0.273. The van der Waals surface area contributed by atoms with E-state index in [4.69, 9.17) is 38.1 Å². The van der Waals surface area contributed by atoms with Crippen molar-refractivity contribution < 1.29 is 31.5 Å². The van der Waals surface area contributed by atoms with Crippen molar-refractivity contribution in [3.05, 3.63) is 57.7 Å². The van der Waals surface area contributed by atoms with Crippen LogP contribution >= 0.6 is 23.2 Å². The van der Waals surface area contributed by atoms with E-state index in [0.29, 0.717) is 16.5 Å². The number of nitrogens with two attached hydrogens (primary N) is 1. The Kier molecular flexibility index (Phi) is 6.39. The Morgan fingerprint density at radius 3 is 2.71 bits per heavy atom. The molecule has 0 fully saturated rings. The first-order valence-corrected chi connectivity index (χ1v) is 10.8. The maximum Gasteiger partial charge on any atom is 0.471 e. The molecule has 34 heavy (non-hydrogen) atoms. The van der Waals surface area contributed by atoms with Crippen LogP contribution in [0.1, 0.15) is 30.6 Å². The van der Waals surface area contributed by atoms with Crippen LogP contribution in [0.5, 0.6) is 5.75 Å². The molecule has 0 radical (unpaired) electrons. The van der Waals surface area contributed by atoms with E-state index in [9.17, 15) is 22.4 Å². The third kappa shape index (κ3) is 4.39. The van der Waals surface area contributed by atoms with Crippen molar-refractivity contribution in [3.63, 3.8) is 0 Å². The van der Waals surface area contributed by atoms with Crippen LogP contribution in [-0.2, 0) is 4.79 Å². The van der Waals surface area contributed by atoms with Crippen LogP contribution in [0.15, 0.2) is 35.1 Å². The lowest BCUT2D eigenvalue weighted by Crippen LogP contribution is -2.43. The van der Waals surface area contributed by atoms with Gasteiger partial charge in [0.05, 0.1) is 16.7 Å². The van der Waals surface area contributed by atoms with Gasteiger partial charge in [-0.1, -0.05) is 29.3 Å². The van der Waals surface area contributed by atoms with E-state index in [0.717, 1.165) is 11.0 Å². The highest BCUT2D eigenvalue weighted by Crippen LogP contribution is 2.41. The van der Waals surface area contributed by atoms with Crippen molar-refractivity contribution in [2.45, 2.75) is 25.6 Å². The second-order valence-electron chi connectivity index (χ2n) is 7.61. The molecular formula is C22H17Cl2F4N3O3. The Bertz CT molecular complexity index is 1310. The average molecular weight is 518 g/mol. The first-order chi connectivity index (χ1) is 16.0. The lowest BCUT2D eigenvalue weighted by atomic mass is 9.99. The van der Waals surface area contributed by atoms with Crippen LogP contribution in [0.2, 0.25) is 10.0 Å². The topological polar surface area (TPSA) is 81.6 Å². The van der Waals surface area contributed by atoms with Gasteiger partial charge in [0, 0.05) is 35.4 Å². The maximum atomic E-state index is 13.9. The van der Waals surface area contributed by atoms with Gasteiger partial charge in [-0.25, -0.2) is 9.37 Å². The summed E-state index contributed by atoms with van der Waals surface area (Å²) in [6, 6.07) is 2.49. The van der Waals surface area contributed by atoms with Crippen LogP contribution in [0.4, 0.5) is 23.4 Å². The molecule has 1 atom stereocenters. The van der Waals surface area contributed by atoms with Gasteiger partial charge < -0.3 is 19.8 Å². The highest BCUT2D eigenvalue weighted by Gasteiger charge is 2.42. The number of carbonyl (C=O) groups is 1. The number of carbonyl (C=O) groups excluding carboxylic acids is 1. The predicted octanol–water partition coefficient (Wildman–Crippen LogP) is 6.17. The normalized spacial score (nSPS) is 15.4. The first-order valence-electron chi connectivity index (χ1n) is 10.00. The van der Waals surface area contributed by atoms with Gasteiger partial charge in [0.1, 0.15) is 11.9 Å². The number of rotatable bonds is 4. The number of amides is 1. The molecule has 2 N–H and O–H groups in total. The number of nitrogen functional groups attached to an aromatic ring is 1. The van der Waals surface area contributed by atoms with Gasteiger partial charge >= 0.3 is 12.1 Å². The number of benzene rings is 1. The molecule has 3 aromatic rings. The van der Waals surface area contributed by atoms with Crippen LogP contribution in [-0.4, -0.2) is 35.1 Å². The maximum absolute atomic E-state index is 13.9. The summed E-state index contributed by atoms with van der Waals surface area (Å²) in [4.78, 5) is 16.3. The van der Waals surface area contributed by atoms with Gasteiger partial charge in [0.25, 0.3) is 0 Å². The van der Waals surface area contributed by atoms with E-state index in [1.807, 2.05) is 0 Å². The highest BCUT2D eigenvalue weighted by atomic mass is 35.5. The molecule has 0 unspecified atom stereocenters. The smallest absolute Gasteiger partial charge is 0.471 e. The van der Waals surface area contributed by atoms with Crippen molar-refractivity contribution in [1.29, 1.82) is 0 Å². The molecule has 1 amide bonds. The van der Waals surface area contributed by atoms with Gasteiger partial charge in [0.15, 0.2) is 11.4 Å². The summed E-state index contributed by atoms with van der Waals surface area (Å²) in [7, 11) is 0. The summed E-state index contributed by atoms with van der Waals surface area (Å²) in [6.07, 6.45) is -1.17. The minimum atomic E-state index is -4.93. The summed E-state index contributed by atoms with van der Waals surface area (Å²) in [5.74, 6) is -2.46. The quantitative estimate of drug-likeness (QED) is 0.330. The molecule has 3 heterocycles. The Morgan fingerprint density at radius 1 is 1.32 bits per heavy atom. The molecule has 1 aliphatic heterocycles. The van der Waals surface area contributed by atoms with Gasteiger partial charge in [-0.3, -0.25) is 4.79 Å². The largest absolute Gasteiger partial charge is 0.478 e. The SMILES string of the molecule is C[C@@H](Oc1c(N)ncc2c(C3=CCN(C(=O)C(F)(F)F)CC3)coc12)c1c(Cl)ccc(F)c1Cl. The molecule has 12 heteroatoms. The van der Waals surface area contributed by atoms with Gasteiger partial charge in [-0.2, -0.15) is 13.2 Å². The number of hydrogen-bond acceptors (Lipinski definition) is 5. The average Bonchev–Trinajstić information content (AvgIpc) is 3.22. The molecule has 0 bridgehead atoms. The molecule has 6 nitrogen and oxygen atoms in total. The number of ether oxygens (including phenoxy) is 1. The number of hydrogen-bond donors (Lipinski definition) is 1. The molecule has 0 aliphatic carbocycles. The molecular weight excluding hydrogens is 501 g/mol. The Hall–Kier alpha value is -2.98. The second-order valence-corrected chi connectivity index (χ2v) is 8.40. The molecule has 180 valence electrons. The van der Waals surface area contributed by atoms with Crippen molar-refractivity contribution >= 4 is 51.5 Å². The fourth-order valence-corrected chi connectivity index (χ4v) is 4.45. The fourth-order valence-electron chi connectivity index (χ4n) is 3.77. The van der Waals surface area contributed by atoms with Crippen molar-refractivity contribution in [2.75, 3.05) is 18.8 Å². The third-order valence-electron chi connectivity index (χ3n) is 5.47. The number of pyridine rings is 1. The Labute approximate surface area is 200 Å². The molecule has 0 spiro atoms. The van der Waals surface area contributed by atoms with Crippen molar-refractivity contribution in [2.24, 2.45) is 0 Å². The van der Waals surface area contributed by atoms with Gasteiger partial charge in [-0.15, -0.1) is 0 Å². The second kappa shape index (κ2) is 8.99. The number of aromatic nitrogens is 1. The molecule has 0 saturated carbocycles. The lowest BCUT2D eigenvalue weighted by molar-refractivity contribution is -0.185. The molecule has 1 aliphatic rings. The van der Waals surface area contributed by atoms with Crippen LogP contribution in [0, 0.1) is 5.82 Å². The van der Waals surface area contributed by atoms with E-state index in [-0.39, 0.29) is 52.3 Å². The van der Waals surface area contributed by atoms with Gasteiger partial charge in [-0.05, 0) is 31.1 Å². The van der Waals surface area contributed by atoms with Gasteiger partial charge in [0.2, 0.25) is 5.75 Å². The van der Waals surface area contributed by atoms with E-state index in [2.05, 4.69) is 4.98 Å². The highest BCUT2D eigenvalue weighted by molar-refractivity contribution is 6.36. The number of anilines is 1. The van der Waals surface area contributed by atoms with Crippen molar-refractivity contribution in [1.82, 2.24) is 9.88 Å². The number of halogens is 6. The lowest BCUT2D eigenvalue weighted by Gasteiger charge is -2.27. The number of furan rings is 1. The predicted molar refractivity (Wildman–Crippen MR) is 119 cm³/mol. The minimum absolute atomic E-state index is 0.00321. The van der Waals surface area contributed by atoms with Crippen LogP contribution in [0.25, 0.3) is 16.5 Å². The Morgan fingerprint density at radius 2 is 2.06 bits per heavy atom. The summed E-state index contributed by atoms with van der Waals surface area (Å²) in [5.41, 5.74) is 7.73. The van der Waals surface area contributed by atoms with E-state index in [1.165, 1.54) is 24.6 Å². The third-order valence-corrected chi connectivity index (χ3v) is 6.18. The molecule has 4 rings (SSSR count). The zero-order valence-corrected chi connectivity index (χ0v) is 19.1. The summed E-state index contributed by atoms with van der Waals surface area (Å²) in [5, 5.41) is 0.516. The van der Waals surface area contributed by atoms with E-state index < -0.39 is 24.0 Å². The Balaban J connectivity index is 1.65. The van der Waals surface area contributed by atoms with Crippen LogP contribution in [0.3, 0.4) is 0 Å². The number of alkyl halides is 3. The monoisotopic (exact) mass is 517 g/mol. The van der Waals surface area contributed by atoms with Crippen molar-refractivity contribution in [3.8, 4) is 5.75 Å². The summed E-state index contributed by atoms with van der Waals surface area (Å²) in [6.45, 7) is 1.31.